The van der Waals surface area contributed by atoms with Gasteiger partial charge in [-0.05, 0) is 18.2 Å². The van der Waals surface area contributed by atoms with Crippen molar-refractivity contribution in [2.45, 2.75) is 26.3 Å². The van der Waals surface area contributed by atoms with Crippen LogP contribution in [-0.2, 0) is 11.3 Å². The van der Waals surface area contributed by atoms with Gasteiger partial charge in [-0.2, -0.15) is 4.98 Å². The van der Waals surface area contributed by atoms with E-state index in [2.05, 4.69) is 15.5 Å². The molecule has 0 bridgehead atoms. The number of carbonyl (C=O) groups is 1. The van der Waals surface area contributed by atoms with Gasteiger partial charge in [-0.25, -0.2) is 8.78 Å². The second-order valence-corrected chi connectivity index (χ2v) is 7.28. The fraction of sp³-hybridized carbons (Fsp3) is 0.182. The number of nitrogens with one attached hydrogen (secondary N) is 1. The Morgan fingerprint density at radius 1 is 1.16 bits per heavy atom. The second kappa shape index (κ2) is 8.10. The lowest BCUT2D eigenvalue weighted by Gasteiger charge is -2.12. The van der Waals surface area contributed by atoms with Gasteiger partial charge in [0.1, 0.15) is 18.2 Å². The first-order valence-corrected chi connectivity index (χ1v) is 9.55. The SMILES string of the molecule is CC(C)c1noc(-c2cc(=O)n(CC(=O)Nc3ccc(F)cc3F)c3ccccc23)n1. The van der Waals surface area contributed by atoms with Crippen molar-refractivity contribution in [1.29, 1.82) is 0 Å². The highest BCUT2D eigenvalue weighted by atomic mass is 19.1. The van der Waals surface area contributed by atoms with E-state index < -0.39 is 23.1 Å². The molecule has 0 saturated carbocycles. The molecule has 0 saturated heterocycles. The van der Waals surface area contributed by atoms with E-state index in [1.165, 1.54) is 10.6 Å². The fourth-order valence-electron chi connectivity index (χ4n) is 3.18. The van der Waals surface area contributed by atoms with E-state index in [4.69, 9.17) is 4.52 Å². The largest absolute Gasteiger partial charge is 0.334 e. The molecule has 2 aromatic carbocycles. The number of nitrogens with zero attached hydrogens (tertiary/aromatic N) is 3. The molecule has 0 aliphatic rings. The van der Waals surface area contributed by atoms with Crippen molar-refractivity contribution in [2.24, 2.45) is 0 Å². The summed E-state index contributed by atoms with van der Waals surface area (Å²) in [5.74, 6) is -1.51. The minimum atomic E-state index is -0.904. The number of benzene rings is 2. The van der Waals surface area contributed by atoms with Gasteiger partial charge >= 0.3 is 0 Å². The summed E-state index contributed by atoms with van der Waals surface area (Å²) in [7, 11) is 0. The number of pyridine rings is 1. The van der Waals surface area contributed by atoms with Crippen LogP contribution in [0.4, 0.5) is 14.5 Å². The van der Waals surface area contributed by atoms with Gasteiger partial charge in [-0.3, -0.25) is 14.2 Å². The Morgan fingerprint density at radius 2 is 1.94 bits per heavy atom. The summed E-state index contributed by atoms with van der Waals surface area (Å²) in [6, 6.07) is 11.1. The Balaban J connectivity index is 1.71. The van der Waals surface area contributed by atoms with Crippen molar-refractivity contribution in [2.75, 3.05) is 5.32 Å². The lowest BCUT2D eigenvalue weighted by molar-refractivity contribution is -0.116. The number of para-hydroxylation sites is 1. The molecule has 0 aliphatic carbocycles. The normalized spacial score (nSPS) is 11.3. The molecule has 7 nitrogen and oxygen atoms in total. The van der Waals surface area contributed by atoms with Crippen LogP contribution in [0.2, 0.25) is 0 Å². The fourth-order valence-corrected chi connectivity index (χ4v) is 3.18. The molecule has 0 fully saturated rings. The molecule has 31 heavy (non-hydrogen) atoms. The van der Waals surface area contributed by atoms with Crippen LogP contribution in [-0.4, -0.2) is 20.6 Å². The number of rotatable bonds is 5. The Kier molecular flexibility index (Phi) is 5.33. The highest BCUT2D eigenvalue weighted by Crippen LogP contribution is 2.27. The number of carbonyl (C=O) groups excluding carboxylic acids is 1. The van der Waals surface area contributed by atoms with E-state index in [1.54, 1.807) is 24.3 Å². The molecule has 2 aromatic heterocycles. The third-order valence-electron chi connectivity index (χ3n) is 4.71. The summed E-state index contributed by atoms with van der Waals surface area (Å²) in [6.45, 7) is 3.48. The number of aromatic nitrogens is 3. The molecule has 1 amide bonds. The standard InChI is InChI=1S/C22H18F2N4O3/c1-12(2)21-26-22(31-27-21)15-10-20(30)28(18-6-4-3-5-14(15)18)11-19(29)25-17-8-7-13(23)9-16(17)24/h3-10,12H,11H2,1-2H3,(H,25,29). The minimum Gasteiger partial charge on any atom is -0.334 e. The van der Waals surface area contributed by atoms with Crippen molar-refractivity contribution in [3.63, 3.8) is 0 Å². The maximum Gasteiger partial charge on any atom is 0.258 e. The van der Waals surface area contributed by atoms with E-state index in [9.17, 15) is 18.4 Å². The smallest absolute Gasteiger partial charge is 0.258 e. The van der Waals surface area contributed by atoms with Crippen LogP contribution in [0.25, 0.3) is 22.4 Å². The van der Waals surface area contributed by atoms with Crippen LogP contribution in [0.1, 0.15) is 25.6 Å². The first-order chi connectivity index (χ1) is 14.8. The van der Waals surface area contributed by atoms with Crippen LogP contribution in [0.3, 0.4) is 0 Å². The van der Waals surface area contributed by atoms with Gasteiger partial charge < -0.3 is 9.84 Å². The molecule has 0 unspecified atom stereocenters. The van der Waals surface area contributed by atoms with Crippen LogP contribution in [0.15, 0.2) is 57.8 Å². The minimum absolute atomic E-state index is 0.0553. The van der Waals surface area contributed by atoms with Crippen molar-refractivity contribution >= 4 is 22.5 Å². The van der Waals surface area contributed by atoms with Crippen molar-refractivity contribution in [3.8, 4) is 11.5 Å². The van der Waals surface area contributed by atoms with Crippen LogP contribution < -0.4 is 10.9 Å². The second-order valence-electron chi connectivity index (χ2n) is 7.28. The summed E-state index contributed by atoms with van der Waals surface area (Å²) >= 11 is 0. The molecular weight excluding hydrogens is 406 g/mol. The summed E-state index contributed by atoms with van der Waals surface area (Å²) in [5.41, 5.74) is 0.297. The topological polar surface area (TPSA) is 90.0 Å². The predicted molar refractivity (Wildman–Crippen MR) is 111 cm³/mol. The van der Waals surface area contributed by atoms with Crippen LogP contribution in [0.5, 0.6) is 0 Å². The monoisotopic (exact) mass is 424 g/mol. The summed E-state index contributed by atoms with van der Waals surface area (Å²) in [6.07, 6.45) is 0. The number of hydrogen-bond acceptors (Lipinski definition) is 5. The quantitative estimate of drug-likeness (QED) is 0.521. The van der Waals surface area contributed by atoms with Gasteiger partial charge in [0.2, 0.25) is 5.91 Å². The van der Waals surface area contributed by atoms with E-state index in [1.807, 2.05) is 13.8 Å². The zero-order chi connectivity index (χ0) is 22.1. The van der Waals surface area contributed by atoms with Crippen LogP contribution in [0, 0.1) is 11.6 Å². The molecule has 158 valence electrons. The van der Waals surface area contributed by atoms with Gasteiger partial charge in [-0.1, -0.05) is 37.2 Å². The molecular formula is C22H18F2N4O3. The lowest BCUT2D eigenvalue weighted by atomic mass is 10.1. The maximum atomic E-state index is 13.8. The van der Waals surface area contributed by atoms with Gasteiger partial charge in [0.15, 0.2) is 5.82 Å². The molecule has 0 aliphatic heterocycles. The van der Waals surface area contributed by atoms with Crippen molar-refractivity contribution < 1.29 is 18.1 Å². The van der Waals surface area contributed by atoms with E-state index in [-0.39, 0.29) is 24.0 Å². The third kappa shape index (κ3) is 4.07. The number of hydrogen-bond donors (Lipinski definition) is 1. The Morgan fingerprint density at radius 3 is 2.65 bits per heavy atom. The molecule has 0 radical (unpaired) electrons. The molecule has 0 spiro atoms. The van der Waals surface area contributed by atoms with E-state index in [0.29, 0.717) is 28.4 Å². The highest BCUT2D eigenvalue weighted by Gasteiger charge is 2.18. The summed E-state index contributed by atoms with van der Waals surface area (Å²) in [4.78, 5) is 29.7. The Labute approximate surface area is 175 Å². The number of amides is 1. The molecule has 2 heterocycles. The zero-order valence-electron chi connectivity index (χ0n) is 16.7. The molecule has 4 aromatic rings. The number of halogens is 2. The zero-order valence-corrected chi connectivity index (χ0v) is 16.7. The summed E-state index contributed by atoms with van der Waals surface area (Å²) in [5, 5.41) is 6.94. The van der Waals surface area contributed by atoms with E-state index in [0.717, 1.165) is 12.1 Å². The first-order valence-electron chi connectivity index (χ1n) is 9.55. The Hall–Kier alpha value is -3.88. The molecule has 0 atom stereocenters. The van der Waals surface area contributed by atoms with Gasteiger partial charge in [0.05, 0.1) is 16.8 Å². The number of fused-ring (bicyclic) bond motifs is 1. The van der Waals surface area contributed by atoms with Gasteiger partial charge in [0.25, 0.3) is 11.4 Å². The predicted octanol–water partition coefficient (Wildman–Crippen LogP) is 4.09. The molecule has 1 N–H and O–H groups in total. The van der Waals surface area contributed by atoms with E-state index >= 15 is 0 Å². The maximum absolute atomic E-state index is 13.8. The average Bonchev–Trinajstić information content (AvgIpc) is 3.22. The highest BCUT2D eigenvalue weighted by molar-refractivity contribution is 5.95. The van der Waals surface area contributed by atoms with Crippen molar-refractivity contribution in [1.82, 2.24) is 14.7 Å². The average molecular weight is 424 g/mol. The molecule has 4 rings (SSSR count). The van der Waals surface area contributed by atoms with Crippen LogP contribution >= 0.6 is 0 Å². The Bertz CT molecular complexity index is 1340. The first kappa shape index (κ1) is 20.4. The molecule has 9 heteroatoms. The van der Waals surface area contributed by atoms with Crippen molar-refractivity contribution in [3.05, 3.63) is 76.3 Å². The van der Waals surface area contributed by atoms with Gasteiger partial charge in [-0.15, -0.1) is 0 Å². The summed E-state index contributed by atoms with van der Waals surface area (Å²) < 4.78 is 33.5. The number of anilines is 1. The third-order valence-corrected chi connectivity index (χ3v) is 4.71. The lowest BCUT2D eigenvalue weighted by Crippen LogP contribution is -2.28. The van der Waals surface area contributed by atoms with Gasteiger partial charge in [0, 0.05) is 23.4 Å².